The number of rotatable bonds is 4. The molecule has 0 fully saturated rings. The fourth-order valence-corrected chi connectivity index (χ4v) is 1.92. The summed E-state index contributed by atoms with van der Waals surface area (Å²) in [5, 5.41) is 6.72. The van der Waals surface area contributed by atoms with Crippen molar-refractivity contribution in [3.63, 3.8) is 0 Å². The molecular formula is C10H17N3O3S. The molecule has 0 aromatic carbocycles. The normalized spacial score (nSPS) is 11.5. The van der Waals surface area contributed by atoms with Crippen LogP contribution in [0.5, 0.6) is 0 Å². The van der Waals surface area contributed by atoms with Gasteiger partial charge in [-0.15, -0.1) is 5.10 Å². The molecule has 0 unspecified atom stereocenters. The lowest BCUT2D eigenvalue weighted by molar-refractivity contribution is -0.154. The zero-order chi connectivity index (χ0) is 13.1. The molecule has 0 aliphatic carbocycles. The summed E-state index contributed by atoms with van der Waals surface area (Å²) in [6.07, 6.45) is 0.295. The van der Waals surface area contributed by atoms with Crippen molar-refractivity contribution in [1.29, 1.82) is 0 Å². The topological polar surface area (TPSA) is 77.0 Å². The molecule has 1 heterocycles. The second kappa shape index (κ2) is 5.39. The van der Waals surface area contributed by atoms with Crippen LogP contribution >= 0.6 is 11.8 Å². The van der Waals surface area contributed by atoms with E-state index in [1.165, 1.54) is 16.3 Å². The fourth-order valence-electron chi connectivity index (χ4n) is 1.08. The number of hydrogen-bond donors (Lipinski definition) is 1. The number of H-pyrrole nitrogens is 1. The molecule has 0 amide bonds. The molecule has 0 saturated heterocycles. The van der Waals surface area contributed by atoms with Crippen molar-refractivity contribution < 1.29 is 9.53 Å². The van der Waals surface area contributed by atoms with Crippen LogP contribution in [0.3, 0.4) is 0 Å². The summed E-state index contributed by atoms with van der Waals surface area (Å²) in [7, 11) is 1.63. The smallest absolute Gasteiger partial charge is 0.343 e. The van der Waals surface area contributed by atoms with Gasteiger partial charge in [0.05, 0.1) is 6.42 Å². The molecule has 17 heavy (non-hydrogen) atoms. The van der Waals surface area contributed by atoms with Crippen molar-refractivity contribution in [2.45, 2.75) is 37.9 Å². The number of aromatic amines is 1. The molecule has 1 aromatic heterocycles. The minimum Gasteiger partial charge on any atom is -0.460 e. The molecule has 1 rings (SSSR count). The Morgan fingerprint density at radius 2 is 2.18 bits per heavy atom. The Morgan fingerprint density at radius 3 is 2.65 bits per heavy atom. The Hall–Kier alpha value is -1.24. The van der Waals surface area contributed by atoms with Crippen LogP contribution in [0.1, 0.15) is 27.2 Å². The fraction of sp³-hybridized carbons (Fsp3) is 0.700. The van der Waals surface area contributed by atoms with Crippen LogP contribution in [0.15, 0.2) is 9.95 Å². The number of carbonyl (C=O) groups excluding carboxylic acids is 1. The van der Waals surface area contributed by atoms with E-state index in [2.05, 4.69) is 10.2 Å². The van der Waals surface area contributed by atoms with Gasteiger partial charge in [-0.05, 0) is 20.8 Å². The van der Waals surface area contributed by atoms with Crippen LogP contribution < -0.4 is 5.69 Å². The summed E-state index contributed by atoms with van der Waals surface area (Å²) in [5.74, 6) is 0.290. The number of nitrogens with one attached hydrogen (secondary N) is 1. The highest BCUT2D eigenvalue weighted by atomic mass is 32.2. The molecule has 0 spiro atoms. The van der Waals surface area contributed by atoms with Crippen molar-refractivity contribution in [3.8, 4) is 0 Å². The highest BCUT2D eigenvalue weighted by molar-refractivity contribution is 7.99. The predicted molar refractivity (Wildman–Crippen MR) is 65.0 cm³/mol. The molecule has 96 valence electrons. The van der Waals surface area contributed by atoms with E-state index in [4.69, 9.17) is 4.74 Å². The Balaban J connectivity index is 2.36. The van der Waals surface area contributed by atoms with Gasteiger partial charge in [0.15, 0.2) is 5.16 Å². The standard InChI is InChI=1S/C10H17N3O3S/c1-10(2,3)16-7(14)5-6-17-9-12-11-8(15)13(9)4/h5-6H2,1-4H3,(H,11,15). The molecular weight excluding hydrogens is 242 g/mol. The van der Waals surface area contributed by atoms with Crippen molar-refractivity contribution in [2.24, 2.45) is 7.05 Å². The maximum atomic E-state index is 11.4. The van der Waals surface area contributed by atoms with Crippen LogP contribution in [-0.4, -0.2) is 32.1 Å². The quantitative estimate of drug-likeness (QED) is 0.643. The molecule has 0 aliphatic heterocycles. The monoisotopic (exact) mass is 259 g/mol. The Kier molecular flexibility index (Phi) is 4.39. The molecule has 0 saturated carbocycles. The van der Waals surface area contributed by atoms with Crippen molar-refractivity contribution in [3.05, 3.63) is 10.5 Å². The third kappa shape index (κ3) is 4.64. The maximum absolute atomic E-state index is 11.4. The summed E-state index contributed by atoms with van der Waals surface area (Å²) in [6.45, 7) is 5.49. The van der Waals surface area contributed by atoms with Crippen molar-refractivity contribution >= 4 is 17.7 Å². The van der Waals surface area contributed by atoms with Gasteiger partial charge in [0.1, 0.15) is 5.60 Å². The van der Waals surface area contributed by atoms with E-state index in [9.17, 15) is 9.59 Å². The minimum atomic E-state index is -0.457. The predicted octanol–water partition coefficient (Wildman–Crippen LogP) is 0.932. The van der Waals surface area contributed by atoms with Gasteiger partial charge in [-0.25, -0.2) is 9.89 Å². The SMILES string of the molecule is Cn1c(SCCC(=O)OC(C)(C)C)n[nH]c1=O. The van der Waals surface area contributed by atoms with E-state index >= 15 is 0 Å². The van der Waals surface area contributed by atoms with Crippen LogP contribution in [0.2, 0.25) is 0 Å². The lowest BCUT2D eigenvalue weighted by atomic mass is 10.2. The van der Waals surface area contributed by atoms with E-state index in [1.54, 1.807) is 7.05 Å². The first-order chi connectivity index (χ1) is 7.79. The van der Waals surface area contributed by atoms with Crippen molar-refractivity contribution in [1.82, 2.24) is 14.8 Å². The molecule has 7 heteroatoms. The van der Waals surface area contributed by atoms with Gasteiger partial charge in [-0.1, -0.05) is 11.8 Å². The third-order valence-electron chi connectivity index (χ3n) is 1.80. The number of ether oxygens (including phenoxy) is 1. The summed E-state index contributed by atoms with van der Waals surface area (Å²) >= 11 is 1.34. The molecule has 6 nitrogen and oxygen atoms in total. The van der Waals surface area contributed by atoms with Crippen molar-refractivity contribution in [2.75, 3.05) is 5.75 Å². The zero-order valence-electron chi connectivity index (χ0n) is 10.4. The lowest BCUT2D eigenvalue weighted by Crippen LogP contribution is -2.24. The van der Waals surface area contributed by atoms with E-state index in [1.807, 2.05) is 20.8 Å². The van der Waals surface area contributed by atoms with Gasteiger partial charge in [0.25, 0.3) is 0 Å². The first-order valence-electron chi connectivity index (χ1n) is 5.25. The third-order valence-corrected chi connectivity index (χ3v) is 2.83. The van der Waals surface area contributed by atoms with Gasteiger partial charge >= 0.3 is 11.7 Å². The number of carbonyl (C=O) groups is 1. The molecule has 0 atom stereocenters. The number of nitrogens with zero attached hydrogens (tertiary/aromatic N) is 2. The van der Waals surface area contributed by atoms with Crippen LogP contribution in [0.25, 0.3) is 0 Å². The number of thioether (sulfide) groups is 1. The highest BCUT2D eigenvalue weighted by Gasteiger charge is 2.16. The summed E-state index contributed by atoms with van der Waals surface area (Å²) in [4.78, 5) is 22.5. The first kappa shape index (κ1) is 13.8. The summed E-state index contributed by atoms with van der Waals surface area (Å²) in [5.41, 5.74) is -0.717. The zero-order valence-corrected chi connectivity index (χ0v) is 11.3. The largest absolute Gasteiger partial charge is 0.460 e. The number of aromatic nitrogens is 3. The molecule has 1 N–H and O–H groups in total. The molecule has 1 aromatic rings. The van der Waals surface area contributed by atoms with Gasteiger partial charge in [0, 0.05) is 12.8 Å². The molecule has 0 bridgehead atoms. The van der Waals surface area contributed by atoms with Gasteiger partial charge in [-0.2, -0.15) is 0 Å². The Labute approximate surface area is 104 Å². The van der Waals surface area contributed by atoms with Gasteiger partial charge < -0.3 is 4.74 Å². The first-order valence-corrected chi connectivity index (χ1v) is 6.24. The van der Waals surface area contributed by atoms with E-state index in [0.717, 1.165) is 0 Å². The van der Waals surface area contributed by atoms with Crippen LogP contribution in [0, 0.1) is 0 Å². The summed E-state index contributed by atoms with van der Waals surface area (Å²) in [6, 6.07) is 0. The van der Waals surface area contributed by atoms with E-state index in [0.29, 0.717) is 17.3 Å². The van der Waals surface area contributed by atoms with E-state index < -0.39 is 5.60 Å². The van der Waals surface area contributed by atoms with E-state index in [-0.39, 0.29) is 11.7 Å². The second-order valence-electron chi connectivity index (χ2n) is 4.56. The van der Waals surface area contributed by atoms with Crippen LogP contribution in [0.4, 0.5) is 0 Å². The summed E-state index contributed by atoms with van der Waals surface area (Å²) < 4.78 is 6.56. The molecule has 0 radical (unpaired) electrons. The van der Waals surface area contributed by atoms with Gasteiger partial charge in [0.2, 0.25) is 0 Å². The lowest BCUT2D eigenvalue weighted by Gasteiger charge is -2.19. The molecule has 0 aliphatic rings. The Bertz CT molecular complexity index is 444. The Morgan fingerprint density at radius 1 is 1.53 bits per heavy atom. The average Bonchev–Trinajstić information content (AvgIpc) is 2.46. The van der Waals surface area contributed by atoms with Crippen LogP contribution in [-0.2, 0) is 16.6 Å². The average molecular weight is 259 g/mol. The van der Waals surface area contributed by atoms with Gasteiger partial charge in [-0.3, -0.25) is 9.36 Å². The number of hydrogen-bond acceptors (Lipinski definition) is 5. The second-order valence-corrected chi connectivity index (χ2v) is 5.62. The highest BCUT2D eigenvalue weighted by Crippen LogP contribution is 2.15. The number of esters is 1. The minimum absolute atomic E-state index is 0.245. The maximum Gasteiger partial charge on any atom is 0.343 e.